The lowest BCUT2D eigenvalue weighted by molar-refractivity contribution is -0.137. The van der Waals surface area contributed by atoms with Gasteiger partial charge in [-0.15, -0.1) is 0 Å². The molecule has 2 fully saturated rings. The molecule has 32 heavy (non-hydrogen) atoms. The van der Waals surface area contributed by atoms with Crippen LogP contribution in [0.5, 0.6) is 5.75 Å². The number of urea groups is 1. The highest BCUT2D eigenvalue weighted by molar-refractivity contribution is 6.09. The first-order valence-electron chi connectivity index (χ1n) is 11.0. The topological polar surface area (TPSA) is 128 Å². The monoisotopic (exact) mass is 444 g/mol. The largest absolute Gasteiger partial charge is 0.508 e. The van der Waals surface area contributed by atoms with Crippen molar-refractivity contribution < 1.29 is 24.3 Å². The van der Waals surface area contributed by atoms with Gasteiger partial charge in [0.2, 0.25) is 5.91 Å². The lowest BCUT2D eigenvalue weighted by Gasteiger charge is -2.43. The molecule has 0 aromatic heterocycles. The number of imide groups is 1. The Labute approximate surface area is 187 Å². The number of benzene rings is 1. The van der Waals surface area contributed by atoms with Crippen molar-refractivity contribution in [2.75, 3.05) is 19.6 Å². The Hall–Kier alpha value is -3.10. The normalized spacial score (nSPS) is 24.3. The van der Waals surface area contributed by atoms with Crippen molar-refractivity contribution in [2.45, 2.75) is 52.0 Å². The molecule has 1 aromatic carbocycles. The van der Waals surface area contributed by atoms with Crippen LogP contribution in [0, 0.1) is 11.3 Å². The van der Waals surface area contributed by atoms with Crippen LogP contribution in [0.2, 0.25) is 0 Å². The first-order valence-corrected chi connectivity index (χ1v) is 11.0. The van der Waals surface area contributed by atoms with E-state index in [1.807, 2.05) is 0 Å². The van der Waals surface area contributed by atoms with E-state index in [-0.39, 0.29) is 36.1 Å². The Morgan fingerprint density at radius 1 is 1.19 bits per heavy atom. The van der Waals surface area contributed by atoms with Crippen LogP contribution in [0.25, 0.3) is 0 Å². The number of phenolic OH excluding ortho intramolecular Hbond substituents is 1. The third-order valence-corrected chi connectivity index (χ3v) is 6.00. The fraction of sp³-hybridized carbons (Fsp3) is 0.565. The molecule has 1 heterocycles. The summed E-state index contributed by atoms with van der Waals surface area (Å²) in [5.74, 6) is -0.754. The molecule has 5 amide bonds. The van der Waals surface area contributed by atoms with Gasteiger partial charge in [-0.05, 0) is 55.2 Å². The first kappa shape index (κ1) is 23.6. The Morgan fingerprint density at radius 3 is 2.59 bits per heavy atom. The summed E-state index contributed by atoms with van der Waals surface area (Å²) in [5.41, 5.74) is -0.641. The number of hydrogen-bond acceptors (Lipinski definition) is 5. The second-order valence-electron chi connectivity index (χ2n) is 9.77. The predicted molar refractivity (Wildman–Crippen MR) is 118 cm³/mol. The van der Waals surface area contributed by atoms with Crippen LogP contribution in [-0.2, 0) is 9.59 Å². The number of amides is 5. The summed E-state index contributed by atoms with van der Waals surface area (Å²) < 4.78 is 0. The lowest BCUT2D eigenvalue weighted by atomic mass is 9.64. The van der Waals surface area contributed by atoms with Crippen molar-refractivity contribution in [1.82, 2.24) is 20.9 Å². The molecule has 0 bridgehead atoms. The second kappa shape index (κ2) is 9.18. The molecule has 9 heteroatoms. The zero-order chi connectivity index (χ0) is 23.5. The molecule has 1 aliphatic heterocycles. The van der Waals surface area contributed by atoms with Crippen LogP contribution < -0.4 is 16.0 Å². The third kappa shape index (κ3) is 5.38. The van der Waals surface area contributed by atoms with E-state index >= 15 is 0 Å². The maximum atomic E-state index is 13.1. The van der Waals surface area contributed by atoms with E-state index in [0.29, 0.717) is 37.3 Å². The molecular formula is C23H32N4O5. The highest BCUT2D eigenvalue weighted by Gasteiger charge is 2.56. The van der Waals surface area contributed by atoms with Gasteiger partial charge in [-0.1, -0.05) is 26.8 Å². The van der Waals surface area contributed by atoms with Gasteiger partial charge >= 0.3 is 6.03 Å². The van der Waals surface area contributed by atoms with Crippen molar-refractivity contribution >= 4 is 23.8 Å². The van der Waals surface area contributed by atoms with Gasteiger partial charge in [0, 0.05) is 18.7 Å². The van der Waals surface area contributed by atoms with E-state index in [1.165, 1.54) is 12.1 Å². The van der Waals surface area contributed by atoms with Gasteiger partial charge in [0.15, 0.2) is 0 Å². The summed E-state index contributed by atoms with van der Waals surface area (Å²) >= 11 is 0. The van der Waals surface area contributed by atoms with Crippen molar-refractivity contribution in [2.24, 2.45) is 11.3 Å². The molecule has 1 saturated carbocycles. The molecule has 2 aliphatic rings. The molecule has 174 valence electrons. The number of phenols is 1. The predicted octanol–water partition coefficient (Wildman–Crippen LogP) is 1.77. The molecule has 1 saturated heterocycles. The minimum atomic E-state index is -0.922. The Bertz CT molecular complexity index is 915. The summed E-state index contributed by atoms with van der Waals surface area (Å²) in [4.78, 5) is 50.9. The zero-order valence-corrected chi connectivity index (χ0v) is 18.9. The van der Waals surface area contributed by atoms with Crippen molar-refractivity contribution in [3.8, 4) is 5.75 Å². The van der Waals surface area contributed by atoms with E-state index in [0.717, 1.165) is 11.3 Å². The Morgan fingerprint density at radius 2 is 1.91 bits per heavy atom. The standard InChI is InChI=1S/C23H32N4O5/c1-15-11-22(2,3)14-23(12-15)20(31)27(21(32)26-23)13-18(29)24-8-5-9-25-19(30)16-6-4-7-17(28)10-16/h4,6-7,10,15,28H,5,8-9,11-14H2,1-3H3,(H,24,29)(H,25,30)(H,26,32). The molecule has 1 aliphatic carbocycles. The van der Waals surface area contributed by atoms with Crippen LogP contribution >= 0.6 is 0 Å². The molecule has 2 atom stereocenters. The van der Waals surface area contributed by atoms with E-state index in [1.54, 1.807) is 12.1 Å². The number of carbonyl (C=O) groups excluding carboxylic acids is 4. The minimum absolute atomic E-state index is 0.0124. The van der Waals surface area contributed by atoms with Gasteiger partial charge in [-0.2, -0.15) is 0 Å². The van der Waals surface area contributed by atoms with E-state index in [2.05, 4.69) is 36.7 Å². The SMILES string of the molecule is CC1CC(C)(C)CC2(C1)NC(=O)N(CC(=O)NCCCNC(=O)c1cccc(O)c1)C2=O. The van der Waals surface area contributed by atoms with Gasteiger partial charge in [0.25, 0.3) is 11.8 Å². The Kier molecular flexibility index (Phi) is 6.76. The molecule has 1 aromatic rings. The fourth-order valence-corrected chi connectivity index (χ4v) is 5.12. The van der Waals surface area contributed by atoms with Gasteiger partial charge < -0.3 is 21.1 Å². The first-order chi connectivity index (χ1) is 15.0. The number of aromatic hydroxyl groups is 1. The number of rotatable bonds is 7. The smallest absolute Gasteiger partial charge is 0.325 e. The maximum absolute atomic E-state index is 13.1. The number of hydrogen-bond donors (Lipinski definition) is 4. The van der Waals surface area contributed by atoms with E-state index in [4.69, 9.17) is 0 Å². The minimum Gasteiger partial charge on any atom is -0.508 e. The van der Waals surface area contributed by atoms with Crippen LogP contribution in [0.1, 0.15) is 56.8 Å². The fourth-order valence-electron chi connectivity index (χ4n) is 5.12. The zero-order valence-electron chi connectivity index (χ0n) is 18.9. The number of carbonyl (C=O) groups is 4. The highest BCUT2D eigenvalue weighted by atomic mass is 16.3. The second-order valence-corrected chi connectivity index (χ2v) is 9.77. The van der Waals surface area contributed by atoms with Crippen molar-refractivity contribution in [3.05, 3.63) is 29.8 Å². The average Bonchev–Trinajstić information content (AvgIpc) is 2.89. The molecule has 4 N–H and O–H groups in total. The quantitative estimate of drug-likeness (QED) is 0.376. The van der Waals surface area contributed by atoms with E-state index in [9.17, 15) is 24.3 Å². The van der Waals surface area contributed by atoms with Crippen LogP contribution in [-0.4, -0.2) is 58.9 Å². The molecule has 9 nitrogen and oxygen atoms in total. The van der Waals surface area contributed by atoms with Crippen LogP contribution in [0.15, 0.2) is 24.3 Å². The van der Waals surface area contributed by atoms with Gasteiger partial charge in [-0.25, -0.2) is 4.79 Å². The van der Waals surface area contributed by atoms with Crippen LogP contribution in [0.4, 0.5) is 4.79 Å². The lowest BCUT2D eigenvalue weighted by Crippen LogP contribution is -2.54. The van der Waals surface area contributed by atoms with Gasteiger partial charge in [0.1, 0.15) is 17.8 Å². The molecule has 0 radical (unpaired) electrons. The molecule has 1 spiro atoms. The third-order valence-electron chi connectivity index (χ3n) is 6.00. The van der Waals surface area contributed by atoms with Crippen molar-refractivity contribution in [3.63, 3.8) is 0 Å². The van der Waals surface area contributed by atoms with Crippen molar-refractivity contribution in [1.29, 1.82) is 0 Å². The summed E-state index contributed by atoms with van der Waals surface area (Å²) in [6.45, 7) is 6.57. The Balaban J connectivity index is 1.43. The molecular weight excluding hydrogens is 412 g/mol. The van der Waals surface area contributed by atoms with Crippen LogP contribution in [0.3, 0.4) is 0 Å². The molecule has 3 rings (SSSR count). The maximum Gasteiger partial charge on any atom is 0.325 e. The number of nitrogens with one attached hydrogen (secondary N) is 3. The average molecular weight is 445 g/mol. The highest BCUT2D eigenvalue weighted by Crippen LogP contribution is 2.46. The summed E-state index contributed by atoms with van der Waals surface area (Å²) in [6.07, 6.45) is 2.61. The summed E-state index contributed by atoms with van der Waals surface area (Å²) in [5, 5.41) is 17.7. The summed E-state index contributed by atoms with van der Waals surface area (Å²) in [6, 6.07) is 5.51. The number of nitrogens with zero attached hydrogens (tertiary/aromatic N) is 1. The molecule has 2 unspecified atom stereocenters. The summed E-state index contributed by atoms with van der Waals surface area (Å²) in [7, 11) is 0. The van der Waals surface area contributed by atoms with E-state index < -0.39 is 17.5 Å². The van der Waals surface area contributed by atoms with Gasteiger partial charge in [-0.3, -0.25) is 19.3 Å². The van der Waals surface area contributed by atoms with Gasteiger partial charge in [0.05, 0.1) is 0 Å².